The van der Waals surface area contributed by atoms with Gasteiger partial charge in [-0.15, -0.1) is 5.10 Å². The number of rotatable bonds is 7. The fourth-order valence-corrected chi connectivity index (χ4v) is 1.91. The van der Waals surface area contributed by atoms with Crippen molar-refractivity contribution in [2.24, 2.45) is 0 Å². The minimum atomic E-state index is -0.216. The van der Waals surface area contributed by atoms with E-state index in [4.69, 9.17) is 11.6 Å². The Bertz CT molecular complexity index is 586. The first-order valence-electron chi connectivity index (χ1n) is 6.72. The van der Waals surface area contributed by atoms with Crippen LogP contribution in [0.1, 0.15) is 23.7 Å². The number of pyridine rings is 1. The first-order chi connectivity index (χ1) is 10.2. The Morgan fingerprint density at radius 3 is 2.95 bits per heavy atom. The highest BCUT2D eigenvalue weighted by atomic mass is 35.5. The zero-order chi connectivity index (χ0) is 15.1. The van der Waals surface area contributed by atoms with Gasteiger partial charge >= 0.3 is 0 Å². The van der Waals surface area contributed by atoms with Crippen molar-refractivity contribution < 1.29 is 4.79 Å². The Morgan fingerprint density at radius 1 is 1.43 bits per heavy atom. The normalized spacial score (nSPS) is 10.4. The van der Waals surface area contributed by atoms with Crippen LogP contribution in [0.4, 0.5) is 5.82 Å². The van der Waals surface area contributed by atoms with Crippen LogP contribution in [0.25, 0.3) is 0 Å². The molecule has 2 aromatic rings. The molecule has 0 aliphatic rings. The van der Waals surface area contributed by atoms with Crippen molar-refractivity contribution in [3.63, 3.8) is 0 Å². The summed E-state index contributed by atoms with van der Waals surface area (Å²) in [7, 11) is 0. The van der Waals surface area contributed by atoms with Gasteiger partial charge in [-0.05, 0) is 12.5 Å². The smallest absolute Gasteiger partial charge is 0.252 e. The number of hydrogen-bond donors (Lipinski definition) is 2. The van der Waals surface area contributed by atoms with Crippen LogP contribution in [-0.2, 0) is 6.54 Å². The second-order valence-corrected chi connectivity index (χ2v) is 4.81. The molecule has 0 aliphatic heterocycles. The molecule has 0 aliphatic carbocycles. The second-order valence-electron chi connectivity index (χ2n) is 4.40. The molecular formula is C13H17ClN6O. The fourth-order valence-electron chi connectivity index (χ4n) is 1.67. The first-order valence-corrected chi connectivity index (χ1v) is 7.10. The topological polar surface area (TPSA) is 84.7 Å². The zero-order valence-electron chi connectivity index (χ0n) is 11.7. The molecule has 1 amide bonds. The van der Waals surface area contributed by atoms with Crippen molar-refractivity contribution in [3.8, 4) is 0 Å². The predicted octanol–water partition coefficient (Wildman–Crippen LogP) is 1.58. The summed E-state index contributed by atoms with van der Waals surface area (Å²) in [6.45, 7) is 3.85. The van der Waals surface area contributed by atoms with Crippen molar-refractivity contribution in [1.29, 1.82) is 0 Å². The standard InChI is InChI=1S/C13H17ClN6O/c1-2-3-15-12-11(14)8-10(9-17-12)13(21)16-4-6-20-7-5-18-19-20/h5,7-9H,2-4,6H2,1H3,(H,15,17)(H,16,21). The molecule has 0 aromatic carbocycles. The number of halogens is 1. The molecule has 2 aromatic heterocycles. The molecule has 0 bridgehead atoms. The summed E-state index contributed by atoms with van der Waals surface area (Å²) >= 11 is 6.10. The van der Waals surface area contributed by atoms with Crippen molar-refractivity contribution >= 4 is 23.3 Å². The Hall–Kier alpha value is -2.15. The number of amides is 1. The largest absolute Gasteiger partial charge is 0.369 e. The second kappa shape index (κ2) is 7.58. The highest BCUT2D eigenvalue weighted by Crippen LogP contribution is 2.19. The number of anilines is 1. The van der Waals surface area contributed by atoms with Gasteiger partial charge in [0.25, 0.3) is 5.91 Å². The number of nitrogens with one attached hydrogen (secondary N) is 2. The van der Waals surface area contributed by atoms with Crippen molar-refractivity contribution in [3.05, 3.63) is 35.2 Å². The molecule has 0 saturated heterocycles. The van der Waals surface area contributed by atoms with Crippen LogP contribution in [-0.4, -0.2) is 39.0 Å². The van der Waals surface area contributed by atoms with Crippen molar-refractivity contribution in [2.75, 3.05) is 18.4 Å². The van der Waals surface area contributed by atoms with Crippen molar-refractivity contribution in [1.82, 2.24) is 25.3 Å². The molecule has 2 heterocycles. The average Bonchev–Trinajstić information content (AvgIpc) is 2.99. The van der Waals surface area contributed by atoms with Gasteiger partial charge in [-0.25, -0.2) is 4.98 Å². The molecule has 0 saturated carbocycles. The highest BCUT2D eigenvalue weighted by molar-refractivity contribution is 6.33. The quantitative estimate of drug-likeness (QED) is 0.811. The van der Waals surface area contributed by atoms with Gasteiger partial charge in [0.1, 0.15) is 5.82 Å². The summed E-state index contributed by atoms with van der Waals surface area (Å²) in [6, 6.07) is 1.61. The van der Waals surface area contributed by atoms with Gasteiger partial charge in [0, 0.05) is 25.5 Å². The molecule has 0 radical (unpaired) electrons. The Kier molecular flexibility index (Phi) is 5.51. The number of aromatic nitrogens is 4. The van der Waals surface area contributed by atoms with Crippen LogP contribution in [0.15, 0.2) is 24.7 Å². The Balaban J connectivity index is 1.88. The van der Waals surface area contributed by atoms with Crippen LogP contribution in [0, 0.1) is 0 Å². The molecule has 2 rings (SSSR count). The number of nitrogens with zero attached hydrogens (tertiary/aromatic N) is 4. The first kappa shape index (κ1) is 15.2. The molecule has 7 nitrogen and oxygen atoms in total. The Morgan fingerprint density at radius 2 is 2.29 bits per heavy atom. The lowest BCUT2D eigenvalue weighted by Gasteiger charge is -2.08. The van der Waals surface area contributed by atoms with Gasteiger partial charge in [0.15, 0.2) is 0 Å². The molecule has 0 atom stereocenters. The Labute approximate surface area is 127 Å². The monoisotopic (exact) mass is 308 g/mol. The third-order valence-electron chi connectivity index (χ3n) is 2.74. The lowest BCUT2D eigenvalue weighted by atomic mass is 10.2. The van der Waals surface area contributed by atoms with Crippen LogP contribution in [0.5, 0.6) is 0 Å². The minimum absolute atomic E-state index is 0.216. The third kappa shape index (κ3) is 4.42. The number of carbonyl (C=O) groups excluding carboxylic acids is 1. The van der Waals surface area contributed by atoms with Gasteiger partial charge in [-0.1, -0.05) is 23.7 Å². The van der Waals surface area contributed by atoms with Crippen LogP contribution < -0.4 is 10.6 Å². The highest BCUT2D eigenvalue weighted by Gasteiger charge is 2.09. The predicted molar refractivity (Wildman–Crippen MR) is 80.4 cm³/mol. The maximum absolute atomic E-state index is 12.0. The van der Waals surface area contributed by atoms with E-state index in [9.17, 15) is 4.79 Å². The average molecular weight is 309 g/mol. The summed E-state index contributed by atoms with van der Waals surface area (Å²) in [5.41, 5.74) is 0.431. The van der Waals surface area contributed by atoms with Gasteiger partial charge in [-0.2, -0.15) is 0 Å². The number of hydrogen-bond acceptors (Lipinski definition) is 5. The van der Waals surface area contributed by atoms with Crippen LogP contribution in [0.2, 0.25) is 5.02 Å². The lowest BCUT2D eigenvalue weighted by Crippen LogP contribution is -2.27. The van der Waals surface area contributed by atoms with Gasteiger partial charge in [0.2, 0.25) is 0 Å². The van der Waals surface area contributed by atoms with E-state index in [2.05, 4.69) is 32.9 Å². The van der Waals surface area contributed by atoms with Gasteiger partial charge in [-0.3, -0.25) is 9.48 Å². The summed E-state index contributed by atoms with van der Waals surface area (Å²) in [6.07, 6.45) is 5.81. The summed E-state index contributed by atoms with van der Waals surface area (Å²) < 4.78 is 1.64. The van der Waals surface area contributed by atoms with Crippen LogP contribution in [0.3, 0.4) is 0 Å². The van der Waals surface area contributed by atoms with Gasteiger partial charge < -0.3 is 10.6 Å². The van der Waals surface area contributed by atoms with E-state index in [1.54, 1.807) is 23.1 Å². The van der Waals surface area contributed by atoms with Gasteiger partial charge in [0.05, 0.1) is 23.3 Å². The zero-order valence-corrected chi connectivity index (χ0v) is 12.5. The molecule has 2 N–H and O–H groups in total. The molecular weight excluding hydrogens is 292 g/mol. The third-order valence-corrected chi connectivity index (χ3v) is 3.03. The van der Waals surface area contributed by atoms with E-state index < -0.39 is 0 Å². The fraction of sp³-hybridized carbons (Fsp3) is 0.385. The summed E-state index contributed by atoms with van der Waals surface area (Å²) in [4.78, 5) is 16.1. The minimum Gasteiger partial charge on any atom is -0.369 e. The summed E-state index contributed by atoms with van der Waals surface area (Å²) in [5.74, 6) is 0.379. The molecule has 0 unspecified atom stereocenters. The van der Waals surface area contributed by atoms with E-state index in [1.807, 2.05) is 0 Å². The molecule has 8 heteroatoms. The van der Waals surface area contributed by atoms with Crippen molar-refractivity contribution in [2.45, 2.75) is 19.9 Å². The molecule has 0 fully saturated rings. The van der Waals surface area contributed by atoms with E-state index in [0.717, 1.165) is 13.0 Å². The maximum atomic E-state index is 12.0. The SMILES string of the molecule is CCCNc1ncc(C(=O)NCCn2ccnn2)cc1Cl. The van der Waals surface area contributed by atoms with E-state index in [0.29, 0.717) is 29.5 Å². The van der Waals surface area contributed by atoms with E-state index in [-0.39, 0.29) is 5.91 Å². The van der Waals surface area contributed by atoms with Crippen LogP contribution >= 0.6 is 11.6 Å². The molecule has 0 spiro atoms. The van der Waals surface area contributed by atoms with E-state index in [1.165, 1.54) is 6.20 Å². The number of carbonyl (C=O) groups is 1. The van der Waals surface area contributed by atoms with E-state index >= 15 is 0 Å². The maximum Gasteiger partial charge on any atom is 0.252 e. The molecule has 112 valence electrons. The lowest BCUT2D eigenvalue weighted by molar-refractivity contribution is 0.0951. The molecule has 21 heavy (non-hydrogen) atoms. The summed E-state index contributed by atoms with van der Waals surface area (Å²) in [5, 5.41) is 13.8.